The zero-order valence-corrected chi connectivity index (χ0v) is 15.2. The number of ketones is 1. The van der Waals surface area contributed by atoms with Crippen molar-refractivity contribution in [1.82, 2.24) is 14.9 Å². The molecule has 4 rings (SSSR count). The van der Waals surface area contributed by atoms with Crippen LogP contribution in [0.4, 0.5) is 0 Å². The third-order valence-electron chi connectivity index (χ3n) is 4.60. The van der Waals surface area contributed by atoms with Crippen LogP contribution in [0.1, 0.15) is 21.5 Å². The molecule has 0 atom stereocenters. The van der Waals surface area contributed by atoms with E-state index >= 15 is 0 Å². The number of carbonyl (C=O) groups excluding carboxylic acids is 2. The van der Waals surface area contributed by atoms with Crippen molar-refractivity contribution in [3.63, 3.8) is 0 Å². The summed E-state index contributed by atoms with van der Waals surface area (Å²) in [6.07, 6.45) is 5.19. The molecule has 0 fully saturated rings. The fraction of sp³-hybridized carbons (Fsp3) is 0.0870. The van der Waals surface area contributed by atoms with Crippen molar-refractivity contribution < 1.29 is 9.59 Å². The fourth-order valence-electron chi connectivity index (χ4n) is 3.22. The standard InChI is InChI=1S/C23H19N3O2/c27-22(25-14-17-7-6-12-24-13-17)16-26-15-20(19-10-4-5-11-21(19)26)23(28)18-8-2-1-3-9-18/h1-13,15H,14,16H2,(H,25,27). The van der Waals surface area contributed by atoms with Crippen LogP contribution >= 0.6 is 0 Å². The number of carbonyl (C=O) groups is 2. The molecule has 2 aromatic carbocycles. The second-order valence-electron chi connectivity index (χ2n) is 6.52. The van der Waals surface area contributed by atoms with Crippen molar-refractivity contribution in [3.8, 4) is 0 Å². The molecule has 1 N–H and O–H groups in total. The Kier molecular flexibility index (Phi) is 4.97. The molecule has 138 valence electrons. The molecule has 5 heteroatoms. The highest BCUT2D eigenvalue weighted by molar-refractivity contribution is 6.16. The van der Waals surface area contributed by atoms with Gasteiger partial charge in [0.25, 0.3) is 0 Å². The number of para-hydroxylation sites is 1. The molecule has 4 aromatic rings. The van der Waals surface area contributed by atoms with Crippen molar-refractivity contribution in [1.29, 1.82) is 0 Å². The van der Waals surface area contributed by atoms with Crippen LogP contribution in [0.2, 0.25) is 0 Å². The molecular formula is C23H19N3O2. The Morgan fingerprint density at radius 1 is 0.929 bits per heavy atom. The average Bonchev–Trinajstić information content (AvgIpc) is 3.11. The Morgan fingerprint density at radius 2 is 1.71 bits per heavy atom. The van der Waals surface area contributed by atoms with Gasteiger partial charge in [-0.1, -0.05) is 54.6 Å². The molecule has 0 aliphatic rings. The van der Waals surface area contributed by atoms with E-state index in [1.165, 1.54) is 0 Å². The maximum Gasteiger partial charge on any atom is 0.240 e. The van der Waals surface area contributed by atoms with Crippen molar-refractivity contribution >= 4 is 22.6 Å². The van der Waals surface area contributed by atoms with Gasteiger partial charge in [-0.2, -0.15) is 0 Å². The minimum Gasteiger partial charge on any atom is -0.350 e. The first-order valence-electron chi connectivity index (χ1n) is 9.05. The van der Waals surface area contributed by atoms with Gasteiger partial charge in [0.15, 0.2) is 5.78 Å². The monoisotopic (exact) mass is 369 g/mol. The Morgan fingerprint density at radius 3 is 2.50 bits per heavy atom. The van der Waals surface area contributed by atoms with Crippen molar-refractivity contribution in [3.05, 3.63) is 102 Å². The number of benzene rings is 2. The second kappa shape index (κ2) is 7.88. The van der Waals surface area contributed by atoms with E-state index in [4.69, 9.17) is 0 Å². The summed E-state index contributed by atoms with van der Waals surface area (Å²) in [5, 5.41) is 3.74. The van der Waals surface area contributed by atoms with E-state index in [1.54, 1.807) is 30.7 Å². The highest BCUT2D eigenvalue weighted by Crippen LogP contribution is 2.24. The van der Waals surface area contributed by atoms with Gasteiger partial charge in [-0.25, -0.2) is 0 Å². The predicted octanol–water partition coefficient (Wildman–Crippen LogP) is 3.58. The molecule has 0 saturated heterocycles. The van der Waals surface area contributed by atoms with E-state index in [1.807, 2.05) is 59.2 Å². The molecule has 0 bridgehead atoms. The zero-order chi connectivity index (χ0) is 19.3. The lowest BCUT2D eigenvalue weighted by Crippen LogP contribution is -2.26. The molecule has 0 saturated carbocycles. The number of hydrogen-bond acceptors (Lipinski definition) is 3. The summed E-state index contributed by atoms with van der Waals surface area (Å²) in [5.41, 5.74) is 3.03. The summed E-state index contributed by atoms with van der Waals surface area (Å²) in [7, 11) is 0. The van der Waals surface area contributed by atoms with E-state index < -0.39 is 0 Å². The Balaban J connectivity index is 1.58. The molecule has 1 amide bonds. The summed E-state index contributed by atoms with van der Waals surface area (Å²) >= 11 is 0. The van der Waals surface area contributed by atoms with Crippen LogP contribution in [0.25, 0.3) is 10.9 Å². The third-order valence-corrected chi connectivity index (χ3v) is 4.60. The van der Waals surface area contributed by atoms with E-state index in [0.717, 1.165) is 16.5 Å². The lowest BCUT2D eigenvalue weighted by Gasteiger charge is -2.07. The van der Waals surface area contributed by atoms with Crippen LogP contribution in [0, 0.1) is 0 Å². The number of pyridine rings is 1. The van der Waals surface area contributed by atoms with Crippen LogP contribution in [0.15, 0.2) is 85.3 Å². The van der Waals surface area contributed by atoms with Gasteiger partial charge in [0.05, 0.1) is 0 Å². The van der Waals surface area contributed by atoms with Gasteiger partial charge < -0.3 is 9.88 Å². The lowest BCUT2D eigenvalue weighted by atomic mass is 10.0. The normalized spacial score (nSPS) is 10.7. The molecule has 2 aromatic heterocycles. The Bertz CT molecular complexity index is 1120. The van der Waals surface area contributed by atoms with E-state index in [-0.39, 0.29) is 18.2 Å². The Hall–Kier alpha value is -3.73. The fourth-order valence-corrected chi connectivity index (χ4v) is 3.22. The number of hydrogen-bond donors (Lipinski definition) is 1. The number of fused-ring (bicyclic) bond motifs is 1. The van der Waals surface area contributed by atoms with Gasteiger partial charge in [0.1, 0.15) is 6.54 Å². The summed E-state index contributed by atoms with van der Waals surface area (Å²) in [6.45, 7) is 0.560. The largest absolute Gasteiger partial charge is 0.350 e. The van der Waals surface area contributed by atoms with Gasteiger partial charge in [0.2, 0.25) is 5.91 Å². The molecule has 0 spiro atoms. The van der Waals surface area contributed by atoms with E-state index in [9.17, 15) is 9.59 Å². The Labute approximate surface area is 162 Å². The number of rotatable bonds is 6. The van der Waals surface area contributed by atoms with Crippen LogP contribution in [-0.2, 0) is 17.9 Å². The predicted molar refractivity (Wildman–Crippen MR) is 108 cm³/mol. The maximum absolute atomic E-state index is 12.9. The molecule has 0 radical (unpaired) electrons. The second-order valence-corrected chi connectivity index (χ2v) is 6.52. The lowest BCUT2D eigenvalue weighted by molar-refractivity contribution is -0.121. The highest BCUT2D eigenvalue weighted by Gasteiger charge is 2.17. The van der Waals surface area contributed by atoms with Gasteiger partial charge in [0, 0.05) is 47.2 Å². The summed E-state index contributed by atoms with van der Waals surface area (Å²) in [5.74, 6) is -0.172. The van der Waals surface area contributed by atoms with Crippen LogP contribution in [0.5, 0.6) is 0 Å². The van der Waals surface area contributed by atoms with E-state index in [0.29, 0.717) is 17.7 Å². The van der Waals surface area contributed by atoms with Crippen molar-refractivity contribution in [2.24, 2.45) is 0 Å². The first-order valence-corrected chi connectivity index (χ1v) is 9.05. The smallest absolute Gasteiger partial charge is 0.240 e. The zero-order valence-electron chi connectivity index (χ0n) is 15.2. The summed E-state index contributed by atoms with van der Waals surface area (Å²) < 4.78 is 1.82. The van der Waals surface area contributed by atoms with Gasteiger partial charge >= 0.3 is 0 Å². The number of amides is 1. The molecular weight excluding hydrogens is 350 g/mol. The molecule has 0 unspecified atom stereocenters. The molecule has 5 nitrogen and oxygen atoms in total. The summed E-state index contributed by atoms with van der Waals surface area (Å²) in [4.78, 5) is 29.4. The number of nitrogens with one attached hydrogen (secondary N) is 1. The number of aromatic nitrogens is 2. The first kappa shape index (κ1) is 17.7. The average molecular weight is 369 g/mol. The van der Waals surface area contributed by atoms with Crippen LogP contribution in [0.3, 0.4) is 0 Å². The maximum atomic E-state index is 12.9. The van der Waals surface area contributed by atoms with Gasteiger partial charge in [-0.05, 0) is 17.7 Å². The first-order chi connectivity index (χ1) is 13.7. The van der Waals surface area contributed by atoms with Crippen LogP contribution < -0.4 is 5.32 Å². The minimum absolute atomic E-state index is 0.0497. The highest BCUT2D eigenvalue weighted by atomic mass is 16.2. The summed E-state index contributed by atoms with van der Waals surface area (Å²) in [6, 6.07) is 20.6. The molecule has 0 aliphatic heterocycles. The quantitative estimate of drug-likeness (QED) is 0.528. The minimum atomic E-state index is -0.122. The topological polar surface area (TPSA) is 64.0 Å². The molecule has 2 heterocycles. The van der Waals surface area contributed by atoms with Crippen molar-refractivity contribution in [2.75, 3.05) is 0 Å². The molecule has 0 aliphatic carbocycles. The molecule has 28 heavy (non-hydrogen) atoms. The van der Waals surface area contributed by atoms with Crippen molar-refractivity contribution in [2.45, 2.75) is 13.1 Å². The third kappa shape index (κ3) is 3.69. The van der Waals surface area contributed by atoms with E-state index in [2.05, 4.69) is 10.3 Å². The SMILES string of the molecule is O=C(Cn1cc(C(=O)c2ccccc2)c2ccccc21)NCc1cccnc1. The van der Waals surface area contributed by atoms with Gasteiger partial charge in [-0.15, -0.1) is 0 Å². The number of nitrogens with zero attached hydrogens (tertiary/aromatic N) is 2. The van der Waals surface area contributed by atoms with Crippen LogP contribution in [-0.4, -0.2) is 21.2 Å². The van der Waals surface area contributed by atoms with Gasteiger partial charge in [-0.3, -0.25) is 14.6 Å².